The Bertz CT molecular complexity index is 967. The summed E-state index contributed by atoms with van der Waals surface area (Å²) in [5.41, 5.74) is 4.42. The van der Waals surface area contributed by atoms with Crippen LogP contribution in [-0.4, -0.2) is 10.9 Å². The van der Waals surface area contributed by atoms with Crippen LogP contribution in [0.4, 0.5) is 4.39 Å². The highest BCUT2D eigenvalue weighted by Crippen LogP contribution is 2.30. The van der Waals surface area contributed by atoms with Crippen LogP contribution in [0.1, 0.15) is 46.6 Å². The summed E-state index contributed by atoms with van der Waals surface area (Å²) in [7, 11) is 0. The molecule has 0 fully saturated rings. The maximum Gasteiger partial charge on any atom is 0.252 e. The molecule has 25 heavy (non-hydrogen) atoms. The van der Waals surface area contributed by atoms with Gasteiger partial charge in [0.1, 0.15) is 5.82 Å². The van der Waals surface area contributed by atoms with Crippen molar-refractivity contribution >= 4 is 16.8 Å². The van der Waals surface area contributed by atoms with E-state index in [0.29, 0.717) is 0 Å². The van der Waals surface area contributed by atoms with E-state index in [1.54, 1.807) is 6.07 Å². The summed E-state index contributed by atoms with van der Waals surface area (Å²) in [4.78, 5) is 17.8. The molecular formula is C21H19FN2O. The molecule has 4 heteroatoms. The topological polar surface area (TPSA) is 42.0 Å². The first kappa shape index (κ1) is 15.8. The number of para-hydroxylation sites is 1. The summed E-state index contributed by atoms with van der Waals surface area (Å²) in [5.74, 6) is -0.414. The van der Waals surface area contributed by atoms with Gasteiger partial charge in [0.2, 0.25) is 0 Å². The quantitative estimate of drug-likeness (QED) is 0.773. The zero-order valence-electron chi connectivity index (χ0n) is 14.1. The van der Waals surface area contributed by atoms with Gasteiger partial charge in [-0.25, -0.2) is 4.39 Å². The molecule has 1 N–H and O–H groups in total. The number of halogens is 1. The van der Waals surface area contributed by atoms with E-state index in [-0.39, 0.29) is 17.8 Å². The lowest BCUT2D eigenvalue weighted by atomic mass is 9.99. The Morgan fingerprint density at radius 3 is 2.84 bits per heavy atom. The smallest absolute Gasteiger partial charge is 0.252 e. The summed E-state index contributed by atoms with van der Waals surface area (Å²) < 4.78 is 13.5. The average Bonchev–Trinajstić information content (AvgIpc) is 3.07. The minimum atomic E-state index is -0.297. The van der Waals surface area contributed by atoms with E-state index < -0.39 is 0 Å². The number of carbonyl (C=O) groups excluding carboxylic acids is 1. The van der Waals surface area contributed by atoms with Gasteiger partial charge in [-0.15, -0.1) is 0 Å². The minimum Gasteiger partial charge on any atom is -0.345 e. The van der Waals surface area contributed by atoms with Crippen LogP contribution in [0, 0.1) is 5.82 Å². The van der Waals surface area contributed by atoms with Crippen molar-refractivity contribution in [1.29, 1.82) is 0 Å². The number of rotatable bonds is 3. The van der Waals surface area contributed by atoms with Gasteiger partial charge in [0.05, 0.1) is 17.1 Å². The van der Waals surface area contributed by atoms with E-state index in [2.05, 4.69) is 5.32 Å². The van der Waals surface area contributed by atoms with Gasteiger partial charge in [-0.3, -0.25) is 9.78 Å². The van der Waals surface area contributed by atoms with E-state index >= 15 is 0 Å². The van der Waals surface area contributed by atoms with Gasteiger partial charge in [-0.2, -0.15) is 0 Å². The number of amides is 1. The molecule has 1 aliphatic carbocycles. The lowest BCUT2D eigenvalue weighted by molar-refractivity contribution is 0.0940. The van der Waals surface area contributed by atoms with Crippen LogP contribution in [0.3, 0.4) is 0 Å². The molecule has 0 radical (unpaired) electrons. The Morgan fingerprint density at radius 2 is 2.00 bits per heavy atom. The fraction of sp³-hybridized carbons (Fsp3) is 0.238. The second-order valence-electron chi connectivity index (χ2n) is 6.53. The predicted octanol–water partition coefficient (Wildman–Crippen LogP) is 4.35. The zero-order chi connectivity index (χ0) is 17.4. The Labute approximate surface area is 145 Å². The molecular weight excluding hydrogens is 315 g/mol. The zero-order valence-corrected chi connectivity index (χ0v) is 14.1. The molecule has 1 aliphatic rings. The second kappa shape index (κ2) is 6.28. The number of nitrogens with zero attached hydrogens (tertiary/aromatic N) is 1. The third-order valence-corrected chi connectivity index (χ3v) is 4.84. The number of benzene rings is 2. The molecule has 0 saturated carbocycles. The summed E-state index contributed by atoms with van der Waals surface area (Å²) >= 11 is 0. The Balaban J connectivity index is 1.73. The third-order valence-electron chi connectivity index (χ3n) is 4.84. The van der Waals surface area contributed by atoms with Crippen LogP contribution in [0.15, 0.2) is 48.5 Å². The highest BCUT2D eigenvalue weighted by molar-refractivity contribution is 6.08. The number of carbonyl (C=O) groups is 1. The molecule has 3 aromatic rings. The van der Waals surface area contributed by atoms with Crippen LogP contribution in [-0.2, 0) is 12.8 Å². The van der Waals surface area contributed by atoms with Crippen molar-refractivity contribution in [3.8, 4) is 0 Å². The number of hydrogen-bond donors (Lipinski definition) is 1. The first-order valence-corrected chi connectivity index (χ1v) is 8.60. The maximum absolute atomic E-state index is 13.5. The monoisotopic (exact) mass is 334 g/mol. The van der Waals surface area contributed by atoms with Crippen molar-refractivity contribution in [2.75, 3.05) is 0 Å². The van der Waals surface area contributed by atoms with Gasteiger partial charge in [0.15, 0.2) is 0 Å². The van der Waals surface area contributed by atoms with E-state index in [1.165, 1.54) is 12.1 Å². The molecule has 1 amide bonds. The number of aryl methyl sites for hydroxylation is 1. The second-order valence-corrected chi connectivity index (χ2v) is 6.53. The highest BCUT2D eigenvalue weighted by atomic mass is 19.1. The van der Waals surface area contributed by atoms with Gasteiger partial charge in [0.25, 0.3) is 5.91 Å². The Kier molecular flexibility index (Phi) is 3.96. The van der Waals surface area contributed by atoms with Crippen LogP contribution < -0.4 is 5.32 Å². The summed E-state index contributed by atoms with van der Waals surface area (Å²) in [6.07, 6.45) is 2.82. The van der Waals surface area contributed by atoms with Crippen molar-refractivity contribution in [3.05, 3.63) is 76.7 Å². The van der Waals surface area contributed by atoms with E-state index in [9.17, 15) is 9.18 Å². The number of aromatic nitrogens is 1. The molecule has 1 aromatic heterocycles. The first-order valence-electron chi connectivity index (χ1n) is 8.60. The summed E-state index contributed by atoms with van der Waals surface area (Å²) in [6.45, 7) is 1.87. The van der Waals surface area contributed by atoms with E-state index in [1.807, 2.05) is 37.3 Å². The van der Waals surface area contributed by atoms with Crippen LogP contribution in [0.5, 0.6) is 0 Å². The Morgan fingerprint density at radius 1 is 1.16 bits per heavy atom. The van der Waals surface area contributed by atoms with Crippen molar-refractivity contribution in [2.24, 2.45) is 0 Å². The fourth-order valence-corrected chi connectivity index (χ4v) is 3.60. The molecule has 0 bridgehead atoms. The number of pyridine rings is 1. The van der Waals surface area contributed by atoms with Gasteiger partial charge in [0, 0.05) is 11.1 Å². The molecule has 1 atom stereocenters. The highest BCUT2D eigenvalue weighted by Gasteiger charge is 2.24. The molecule has 0 unspecified atom stereocenters. The summed E-state index contributed by atoms with van der Waals surface area (Å²) in [5, 5.41) is 3.91. The summed E-state index contributed by atoms with van der Waals surface area (Å²) in [6, 6.07) is 13.8. The lowest BCUT2D eigenvalue weighted by Crippen LogP contribution is -2.28. The fourth-order valence-electron chi connectivity index (χ4n) is 3.60. The SMILES string of the molecule is C[C@H](NC(=O)c1c2c(nc3ccccc13)CCC2)c1cccc(F)c1. The molecule has 126 valence electrons. The van der Waals surface area contributed by atoms with Crippen LogP contribution >= 0.6 is 0 Å². The molecule has 0 spiro atoms. The predicted molar refractivity (Wildman–Crippen MR) is 96.0 cm³/mol. The van der Waals surface area contributed by atoms with E-state index in [4.69, 9.17) is 4.98 Å². The number of nitrogens with one attached hydrogen (secondary N) is 1. The largest absolute Gasteiger partial charge is 0.345 e. The van der Waals surface area contributed by atoms with Crippen molar-refractivity contribution in [2.45, 2.75) is 32.2 Å². The van der Waals surface area contributed by atoms with Crippen molar-refractivity contribution in [1.82, 2.24) is 10.3 Å². The molecule has 0 saturated heterocycles. The number of hydrogen-bond acceptors (Lipinski definition) is 2. The standard InChI is InChI=1S/C21H19FN2O/c1-13(14-6-4-7-15(22)12-14)23-21(25)20-16-8-2-3-10-18(16)24-19-11-5-9-17(19)20/h2-4,6-8,10,12-13H,5,9,11H2,1H3,(H,23,25)/t13-/m0/s1. The van der Waals surface area contributed by atoms with E-state index in [0.717, 1.165) is 52.5 Å². The van der Waals surface area contributed by atoms with Gasteiger partial charge in [-0.05, 0) is 55.5 Å². The van der Waals surface area contributed by atoms with Gasteiger partial charge in [-0.1, -0.05) is 30.3 Å². The molecule has 4 rings (SSSR count). The lowest BCUT2D eigenvalue weighted by Gasteiger charge is -2.17. The first-order chi connectivity index (χ1) is 12.1. The molecule has 1 heterocycles. The van der Waals surface area contributed by atoms with Crippen molar-refractivity contribution in [3.63, 3.8) is 0 Å². The normalized spacial score (nSPS) is 14.3. The maximum atomic E-state index is 13.5. The molecule has 3 nitrogen and oxygen atoms in total. The Hall–Kier alpha value is -2.75. The molecule has 2 aromatic carbocycles. The van der Waals surface area contributed by atoms with Crippen LogP contribution in [0.25, 0.3) is 10.9 Å². The van der Waals surface area contributed by atoms with Gasteiger partial charge >= 0.3 is 0 Å². The van der Waals surface area contributed by atoms with Crippen LogP contribution in [0.2, 0.25) is 0 Å². The average molecular weight is 334 g/mol. The molecule has 0 aliphatic heterocycles. The number of fused-ring (bicyclic) bond motifs is 2. The third kappa shape index (κ3) is 2.88. The van der Waals surface area contributed by atoms with Gasteiger partial charge < -0.3 is 5.32 Å². The minimum absolute atomic E-state index is 0.117. The van der Waals surface area contributed by atoms with Crippen molar-refractivity contribution < 1.29 is 9.18 Å².